The van der Waals surface area contributed by atoms with Crippen LogP contribution in [0.2, 0.25) is 0 Å². The lowest BCUT2D eigenvalue weighted by Gasteiger charge is -2.00. The van der Waals surface area contributed by atoms with Gasteiger partial charge in [0.15, 0.2) is 17.2 Å². The summed E-state index contributed by atoms with van der Waals surface area (Å²) in [6.45, 7) is 0. The summed E-state index contributed by atoms with van der Waals surface area (Å²) in [6.07, 6.45) is 0. The third-order valence-electron chi connectivity index (χ3n) is 3.60. The number of nitrogens with one attached hydrogen (secondary N) is 1. The van der Waals surface area contributed by atoms with Crippen molar-refractivity contribution < 1.29 is 13.6 Å². The molecule has 2 amide bonds. The molecular formula is C18H13N3O3. The van der Waals surface area contributed by atoms with Crippen molar-refractivity contribution in [2.24, 2.45) is 10.8 Å². The summed E-state index contributed by atoms with van der Waals surface area (Å²) in [4.78, 5) is 11.1. The van der Waals surface area contributed by atoms with Crippen LogP contribution in [0.25, 0.3) is 21.9 Å². The normalized spacial score (nSPS) is 10.8. The Bertz CT molecular complexity index is 933. The highest BCUT2D eigenvalue weighted by Crippen LogP contribution is 2.25. The van der Waals surface area contributed by atoms with Crippen LogP contribution in [0.1, 0.15) is 11.5 Å². The van der Waals surface area contributed by atoms with Crippen LogP contribution in [0.4, 0.5) is 4.79 Å². The summed E-state index contributed by atoms with van der Waals surface area (Å²) in [5.41, 5.74) is 9.16. The summed E-state index contributed by atoms with van der Waals surface area (Å²) in [6, 6.07) is 18.1. The quantitative estimate of drug-likeness (QED) is 0.446. The molecule has 0 unspecified atom stereocenters. The number of hydrazone groups is 1. The number of nitrogens with zero attached hydrogens (tertiary/aromatic N) is 1. The van der Waals surface area contributed by atoms with E-state index in [0.717, 1.165) is 21.9 Å². The molecule has 4 rings (SSSR count). The number of urea groups is 1. The van der Waals surface area contributed by atoms with Gasteiger partial charge in [0.2, 0.25) is 0 Å². The first-order valence-corrected chi connectivity index (χ1v) is 7.32. The first-order chi connectivity index (χ1) is 11.7. The van der Waals surface area contributed by atoms with Crippen LogP contribution in [0.5, 0.6) is 0 Å². The predicted octanol–water partition coefficient (Wildman–Crippen LogP) is 3.60. The molecule has 0 saturated carbocycles. The maximum Gasteiger partial charge on any atom is 0.332 e. The third kappa shape index (κ3) is 2.50. The smallest absolute Gasteiger partial charge is 0.332 e. The summed E-state index contributed by atoms with van der Waals surface area (Å²) in [5, 5.41) is 5.91. The molecule has 2 aromatic carbocycles. The third-order valence-corrected chi connectivity index (χ3v) is 3.60. The Kier molecular flexibility index (Phi) is 3.28. The molecule has 0 saturated heterocycles. The molecule has 2 aromatic heterocycles. The molecule has 3 N–H and O–H groups in total. The van der Waals surface area contributed by atoms with Crippen molar-refractivity contribution >= 4 is 33.7 Å². The standard InChI is InChI=1S/C18H13N3O3/c19-18(22)21-20-17(15-9-11-5-1-3-7-13(11)23-15)16-10-12-6-2-4-8-14(12)24-16/h1-10H,(H3,19,21,22). The highest BCUT2D eigenvalue weighted by atomic mass is 16.4. The van der Waals surface area contributed by atoms with Crippen molar-refractivity contribution in [1.82, 2.24) is 5.43 Å². The lowest BCUT2D eigenvalue weighted by molar-refractivity contribution is 0.249. The number of rotatable bonds is 3. The zero-order valence-electron chi connectivity index (χ0n) is 12.5. The highest BCUT2D eigenvalue weighted by Gasteiger charge is 2.17. The highest BCUT2D eigenvalue weighted by molar-refractivity contribution is 6.12. The number of amides is 2. The van der Waals surface area contributed by atoms with Crippen molar-refractivity contribution in [2.75, 3.05) is 0 Å². The van der Waals surface area contributed by atoms with Gasteiger partial charge in [0.1, 0.15) is 11.2 Å². The number of primary amides is 1. The fraction of sp³-hybridized carbons (Fsp3) is 0. The summed E-state index contributed by atoms with van der Waals surface area (Å²) in [5.74, 6) is 0.952. The van der Waals surface area contributed by atoms with Gasteiger partial charge in [0, 0.05) is 10.8 Å². The first-order valence-electron chi connectivity index (χ1n) is 7.32. The van der Waals surface area contributed by atoms with Crippen molar-refractivity contribution in [1.29, 1.82) is 0 Å². The van der Waals surface area contributed by atoms with E-state index in [1.54, 1.807) is 0 Å². The van der Waals surface area contributed by atoms with Crippen LogP contribution in [0.15, 0.2) is 74.6 Å². The molecule has 0 radical (unpaired) electrons. The molecule has 0 aliphatic rings. The molecule has 6 heteroatoms. The Labute approximate surface area is 136 Å². The molecule has 0 aliphatic heterocycles. The number of benzene rings is 2. The molecule has 24 heavy (non-hydrogen) atoms. The van der Waals surface area contributed by atoms with Gasteiger partial charge in [-0.05, 0) is 24.3 Å². The van der Waals surface area contributed by atoms with E-state index in [1.165, 1.54) is 0 Å². The van der Waals surface area contributed by atoms with Crippen LogP contribution < -0.4 is 11.2 Å². The van der Waals surface area contributed by atoms with E-state index in [4.69, 9.17) is 14.6 Å². The van der Waals surface area contributed by atoms with Gasteiger partial charge in [0.05, 0.1) is 0 Å². The second-order valence-corrected chi connectivity index (χ2v) is 5.23. The van der Waals surface area contributed by atoms with Gasteiger partial charge in [-0.2, -0.15) is 5.10 Å². The van der Waals surface area contributed by atoms with E-state index >= 15 is 0 Å². The van der Waals surface area contributed by atoms with E-state index in [9.17, 15) is 4.79 Å². The molecule has 2 heterocycles. The Morgan fingerprint density at radius 1 is 0.875 bits per heavy atom. The average molecular weight is 319 g/mol. The lowest BCUT2D eigenvalue weighted by Crippen LogP contribution is -2.26. The van der Waals surface area contributed by atoms with E-state index in [0.29, 0.717) is 17.2 Å². The lowest BCUT2D eigenvalue weighted by atomic mass is 10.2. The van der Waals surface area contributed by atoms with Gasteiger partial charge in [-0.1, -0.05) is 36.4 Å². The van der Waals surface area contributed by atoms with Crippen LogP contribution in [0, 0.1) is 0 Å². The minimum Gasteiger partial charge on any atom is -0.454 e. The van der Waals surface area contributed by atoms with Crippen molar-refractivity contribution in [2.45, 2.75) is 0 Å². The molecule has 0 atom stereocenters. The maximum atomic E-state index is 11.1. The molecule has 0 bridgehead atoms. The van der Waals surface area contributed by atoms with Gasteiger partial charge in [-0.3, -0.25) is 0 Å². The second-order valence-electron chi connectivity index (χ2n) is 5.23. The Hall–Kier alpha value is -3.54. The number of carbonyl (C=O) groups excluding carboxylic acids is 1. The minimum absolute atomic E-state index is 0.362. The monoisotopic (exact) mass is 319 g/mol. The Balaban J connectivity index is 1.87. The molecule has 6 nitrogen and oxygen atoms in total. The Morgan fingerprint density at radius 3 is 1.83 bits per heavy atom. The van der Waals surface area contributed by atoms with Gasteiger partial charge in [-0.15, -0.1) is 0 Å². The van der Waals surface area contributed by atoms with E-state index in [1.807, 2.05) is 60.7 Å². The van der Waals surface area contributed by atoms with Crippen molar-refractivity contribution in [3.63, 3.8) is 0 Å². The summed E-state index contributed by atoms with van der Waals surface area (Å²) >= 11 is 0. The number of fused-ring (bicyclic) bond motifs is 2. The zero-order valence-corrected chi connectivity index (χ0v) is 12.5. The molecule has 0 spiro atoms. The SMILES string of the molecule is NC(=O)NN=C(c1cc2ccccc2o1)c1cc2ccccc2o1. The number of para-hydroxylation sites is 2. The Morgan fingerprint density at radius 2 is 1.38 bits per heavy atom. The van der Waals surface area contributed by atoms with Crippen molar-refractivity contribution in [3.05, 3.63) is 72.2 Å². The first kappa shape index (κ1) is 14.1. The van der Waals surface area contributed by atoms with Crippen LogP contribution >= 0.6 is 0 Å². The number of carbonyl (C=O) groups is 1. The number of furan rings is 2. The van der Waals surface area contributed by atoms with Crippen LogP contribution in [0.3, 0.4) is 0 Å². The fourth-order valence-electron chi connectivity index (χ4n) is 2.54. The van der Waals surface area contributed by atoms with E-state index in [2.05, 4.69) is 10.5 Å². The second kappa shape index (κ2) is 5.58. The number of hydrogen-bond donors (Lipinski definition) is 2. The topological polar surface area (TPSA) is 93.8 Å². The minimum atomic E-state index is -0.764. The average Bonchev–Trinajstić information content (AvgIpc) is 3.18. The van der Waals surface area contributed by atoms with Gasteiger partial charge in [0.25, 0.3) is 0 Å². The largest absolute Gasteiger partial charge is 0.454 e. The molecule has 0 fully saturated rings. The molecule has 0 aliphatic carbocycles. The van der Waals surface area contributed by atoms with Gasteiger partial charge in [-0.25, -0.2) is 10.2 Å². The van der Waals surface area contributed by atoms with Crippen LogP contribution in [-0.4, -0.2) is 11.7 Å². The molecular weight excluding hydrogens is 306 g/mol. The fourth-order valence-corrected chi connectivity index (χ4v) is 2.54. The summed E-state index contributed by atoms with van der Waals surface area (Å²) in [7, 11) is 0. The van der Waals surface area contributed by atoms with Gasteiger partial charge < -0.3 is 14.6 Å². The molecule has 4 aromatic rings. The number of hydrogen-bond acceptors (Lipinski definition) is 4. The molecule has 118 valence electrons. The van der Waals surface area contributed by atoms with Crippen molar-refractivity contribution in [3.8, 4) is 0 Å². The predicted molar refractivity (Wildman–Crippen MR) is 90.8 cm³/mol. The van der Waals surface area contributed by atoms with Gasteiger partial charge >= 0.3 is 6.03 Å². The maximum absolute atomic E-state index is 11.1. The summed E-state index contributed by atoms with van der Waals surface area (Å²) < 4.78 is 11.7. The van der Waals surface area contributed by atoms with Crippen LogP contribution in [-0.2, 0) is 0 Å². The van der Waals surface area contributed by atoms with E-state index in [-0.39, 0.29) is 0 Å². The zero-order chi connectivity index (χ0) is 16.5. The van der Waals surface area contributed by atoms with E-state index < -0.39 is 6.03 Å². The number of nitrogens with two attached hydrogens (primary N) is 1.